The van der Waals surface area contributed by atoms with Crippen molar-refractivity contribution in [3.8, 4) is 5.88 Å². The lowest BCUT2D eigenvalue weighted by Gasteiger charge is -2.41. The summed E-state index contributed by atoms with van der Waals surface area (Å²) < 4.78 is 5.72. The molecule has 2 N–H and O–H groups in total. The largest absolute Gasteiger partial charge is 0.481 e. The zero-order chi connectivity index (χ0) is 23.3. The first kappa shape index (κ1) is 22.9. The van der Waals surface area contributed by atoms with Gasteiger partial charge in [-0.2, -0.15) is 0 Å². The van der Waals surface area contributed by atoms with Crippen molar-refractivity contribution in [3.05, 3.63) is 108 Å². The normalized spacial score (nSPS) is 14.2. The fraction of sp³-hybridized carbons (Fsp3) is 0.250. The minimum absolute atomic E-state index is 0.252. The summed E-state index contributed by atoms with van der Waals surface area (Å²) in [6, 6.07) is 29.0. The lowest BCUT2D eigenvalue weighted by Crippen LogP contribution is -2.42. The number of methoxy groups -OCH3 is 1. The highest BCUT2D eigenvalue weighted by Gasteiger charge is 2.45. The number of nitrogens with two attached hydrogens (primary N) is 1. The van der Waals surface area contributed by atoms with E-state index in [-0.39, 0.29) is 5.92 Å². The molecule has 2 unspecified atom stereocenters. The van der Waals surface area contributed by atoms with Gasteiger partial charge in [-0.1, -0.05) is 78.9 Å². The van der Waals surface area contributed by atoms with Gasteiger partial charge in [0.2, 0.25) is 5.88 Å². The van der Waals surface area contributed by atoms with E-state index in [4.69, 9.17) is 15.5 Å². The van der Waals surface area contributed by atoms with E-state index < -0.39 is 5.60 Å². The van der Waals surface area contributed by atoms with E-state index in [0.717, 1.165) is 34.0 Å². The van der Waals surface area contributed by atoms with Crippen molar-refractivity contribution in [2.45, 2.75) is 17.9 Å². The van der Waals surface area contributed by atoms with Crippen molar-refractivity contribution >= 4 is 10.8 Å². The minimum atomic E-state index is -0.872. The van der Waals surface area contributed by atoms with Gasteiger partial charge in [-0.05, 0) is 48.5 Å². The lowest BCUT2D eigenvalue weighted by molar-refractivity contribution is -0.0747. The fourth-order valence-electron chi connectivity index (χ4n) is 4.75. The Balaban J connectivity index is 2.06. The Kier molecular flexibility index (Phi) is 7.04. The zero-order valence-corrected chi connectivity index (χ0v) is 19.4. The first-order valence-electron chi connectivity index (χ1n) is 11.2. The van der Waals surface area contributed by atoms with E-state index in [1.165, 1.54) is 0 Å². The second-order valence-corrected chi connectivity index (χ2v) is 8.53. The third-order valence-electron chi connectivity index (χ3n) is 6.29. The maximum absolute atomic E-state index is 6.30. The fourth-order valence-corrected chi connectivity index (χ4v) is 4.75. The number of hydrogen-bond acceptors (Lipinski definition) is 5. The summed E-state index contributed by atoms with van der Waals surface area (Å²) in [6.07, 6.45) is 2.41. The molecule has 5 heteroatoms. The van der Waals surface area contributed by atoms with Crippen LogP contribution in [-0.2, 0) is 10.4 Å². The van der Waals surface area contributed by atoms with E-state index in [1.807, 2.05) is 24.3 Å². The standard InChI is InChI=1S/C28H31N3O2/c1-31(2)20-18-28(33-29,25-17-9-14-21-11-7-8-15-23(21)25)26(22-12-5-4-6-13-22)24-16-10-19-30-27(24)32-3/h4-17,19,26H,18,20,29H2,1-3H3. The summed E-state index contributed by atoms with van der Waals surface area (Å²) >= 11 is 0. The Morgan fingerprint density at radius 1 is 0.909 bits per heavy atom. The average Bonchev–Trinajstić information content (AvgIpc) is 2.87. The minimum Gasteiger partial charge on any atom is -0.481 e. The summed E-state index contributed by atoms with van der Waals surface area (Å²) in [5, 5.41) is 2.26. The molecule has 0 radical (unpaired) electrons. The van der Waals surface area contributed by atoms with Crippen LogP contribution in [0, 0.1) is 0 Å². The van der Waals surface area contributed by atoms with Crippen molar-refractivity contribution in [1.29, 1.82) is 0 Å². The molecule has 1 aromatic heterocycles. The quantitative estimate of drug-likeness (QED) is 0.366. The van der Waals surface area contributed by atoms with E-state index in [1.54, 1.807) is 13.3 Å². The number of aromatic nitrogens is 1. The van der Waals surface area contributed by atoms with Gasteiger partial charge in [0, 0.05) is 24.2 Å². The molecule has 0 saturated carbocycles. The molecule has 3 aromatic carbocycles. The number of pyridine rings is 1. The van der Waals surface area contributed by atoms with Gasteiger partial charge < -0.3 is 9.64 Å². The maximum atomic E-state index is 6.30. The zero-order valence-electron chi connectivity index (χ0n) is 19.4. The third kappa shape index (κ3) is 4.48. The molecule has 0 aliphatic rings. The highest BCUT2D eigenvalue weighted by atomic mass is 16.6. The number of rotatable bonds is 9. The van der Waals surface area contributed by atoms with Gasteiger partial charge in [-0.15, -0.1) is 0 Å². The molecular weight excluding hydrogens is 410 g/mol. The Morgan fingerprint density at radius 3 is 2.36 bits per heavy atom. The van der Waals surface area contributed by atoms with Gasteiger partial charge in [-0.3, -0.25) is 4.84 Å². The topological polar surface area (TPSA) is 60.6 Å². The van der Waals surface area contributed by atoms with Gasteiger partial charge in [0.1, 0.15) is 5.60 Å². The monoisotopic (exact) mass is 441 g/mol. The lowest BCUT2D eigenvalue weighted by atomic mass is 9.70. The van der Waals surface area contributed by atoms with Gasteiger partial charge >= 0.3 is 0 Å². The molecule has 1 heterocycles. The van der Waals surface area contributed by atoms with Crippen LogP contribution in [0.1, 0.15) is 29.0 Å². The number of hydrogen-bond donors (Lipinski definition) is 1. The van der Waals surface area contributed by atoms with Crippen LogP contribution in [0.2, 0.25) is 0 Å². The van der Waals surface area contributed by atoms with E-state index >= 15 is 0 Å². The average molecular weight is 442 g/mol. The first-order valence-corrected chi connectivity index (χ1v) is 11.2. The predicted octanol–water partition coefficient (Wildman–Crippen LogP) is 5.11. The molecule has 0 aliphatic heterocycles. The van der Waals surface area contributed by atoms with Gasteiger partial charge in [-0.25, -0.2) is 10.9 Å². The Bertz CT molecular complexity index is 1190. The summed E-state index contributed by atoms with van der Waals surface area (Å²) in [4.78, 5) is 12.8. The second kappa shape index (κ2) is 10.1. The Labute approximate surface area is 195 Å². The summed E-state index contributed by atoms with van der Waals surface area (Å²) in [5.74, 6) is 6.62. The smallest absolute Gasteiger partial charge is 0.216 e. The maximum Gasteiger partial charge on any atom is 0.216 e. The van der Waals surface area contributed by atoms with Crippen LogP contribution in [-0.4, -0.2) is 37.6 Å². The van der Waals surface area contributed by atoms with E-state index in [0.29, 0.717) is 12.3 Å². The van der Waals surface area contributed by atoms with Crippen molar-refractivity contribution in [3.63, 3.8) is 0 Å². The summed E-state index contributed by atoms with van der Waals surface area (Å²) in [5.41, 5.74) is 2.19. The molecule has 33 heavy (non-hydrogen) atoms. The van der Waals surface area contributed by atoms with Crippen molar-refractivity contribution in [1.82, 2.24) is 9.88 Å². The van der Waals surface area contributed by atoms with Crippen LogP contribution in [0.4, 0.5) is 0 Å². The molecule has 0 saturated heterocycles. The molecule has 4 aromatic rings. The van der Waals surface area contributed by atoms with Crippen LogP contribution in [0.5, 0.6) is 5.88 Å². The molecular formula is C28H31N3O2. The number of nitrogens with zero attached hydrogens (tertiary/aromatic N) is 2. The molecule has 0 fully saturated rings. The SMILES string of the molecule is COc1ncccc1C(c1ccccc1)C(CCN(C)C)(ON)c1cccc2ccccc12. The van der Waals surface area contributed by atoms with Crippen molar-refractivity contribution in [2.24, 2.45) is 5.90 Å². The Hall–Kier alpha value is -3.25. The number of ether oxygens (including phenoxy) is 1. The van der Waals surface area contributed by atoms with Crippen molar-refractivity contribution < 1.29 is 9.57 Å². The van der Waals surface area contributed by atoms with Gasteiger partial charge in [0.25, 0.3) is 0 Å². The predicted molar refractivity (Wildman–Crippen MR) is 133 cm³/mol. The molecule has 5 nitrogen and oxygen atoms in total. The molecule has 0 bridgehead atoms. The van der Waals surface area contributed by atoms with Gasteiger partial charge in [0.15, 0.2) is 0 Å². The molecule has 0 aliphatic carbocycles. The Morgan fingerprint density at radius 2 is 1.64 bits per heavy atom. The molecule has 0 amide bonds. The summed E-state index contributed by atoms with van der Waals surface area (Å²) in [6.45, 7) is 0.784. The second-order valence-electron chi connectivity index (χ2n) is 8.53. The molecule has 170 valence electrons. The third-order valence-corrected chi connectivity index (χ3v) is 6.29. The highest BCUT2D eigenvalue weighted by Crippen LogP contribution is 2.49. The summed E-state index contributed by atoms with van der Waals surface area (Å²) in [7, 11) is 5.77. The highest BCUT2D eigenvalue weighted by molar-refractivity contribution is 5.86. The van der Waals surface area contributed by atoms with Crippen molar-refractivity contribution in [2.75, 3.05) is 27.7 Å². The van der Waals surface area contributed by atoms with Crippen LogP contribution in [0.15, 0.2) is 91.1 Å². The molecule has 4 rings (SSSR count). The molecule has 0 spiro atoms. The number of benzene rings is 3. The number of fused-ring (bicyclic) bond motifs is 1. The van der Waals surface area contributed by atoms with E-state index in [2.05, 4.69) is 84.6 Å². The van der Waals surface area contributed by atoms with Gasteiger partial charge in [0.05, 0.1) is 7.11 Å². The van der Waals surface area contributed by atoms with Crippen LogP contribution < -0.4 is 10.6 Å². The van der Waals surface area contributed by atoms with Crippen LogP contribution in [0.25, 0.3) is 10.8 Å². The molecule has 2 atom stereocenters. The van der Waals surface area contributed by atoms with Crippen LogP contribution in [0.3, 0.4) is 0 Å². The van der Waals surface area contributed by atoms with E-state index in [9.17, 15) is 0 Å². The first-order chi connectivity index (χ1) is 16.1. The van der Waals surface area contributed by atoms with Crippen LogP contribution >= 0.6 is 0 Å².